The van der Waals surface area contributed by atoms with Crippen LogP contribution in [0.15, 0.2) is 47.4 Å². The van der Waals surface area contributed by atoms with Gasteiger partial charge in [0.25, 0.3) is 0 Å². The molecule has 2 amide bonds. The number of fused-ring (bicyclic) bond motifs is 1. The molecule has 4 rings (SSSR count). The Morgan fingerprint density at radius 2 is 1.80 bits per heavy atom. The van der Waals surface area contributed by atoms with Crippen molar-refractivity contribution in [1.82, 2.24) is 4.72 Å². The number of carbonyl (C=O) groups is 2. The minimum atomic E-state index is -3.94. The predicted octanol–water partition coefficient (Wildman–Crippen LogP) is 1.47. The van der Waals surface area contributed by atoms with Gasteiger partial charge in [0, 0.05) is 12.8 Å². The van der Waals surface area contributed by atoms with Gasteiger partial charge >= 0.3 is 0 Å². The first-order chi connectivity index (χ1) is 14.4. The molecule has 1 saturated heterocycles. The summed E-state index contributed by atoms with van der Waals surface area (Å²) in [5.41, 5.74) is 0.110. The van der Waals surface area contributed by atoms with Crippen molar-refractivity contribution in [2.24, 2.45) is 0 Å². The standard InChI is InChI=1S/C20H20N2O7S/c1-27-16-7-6-14(10-15(16)22-19(23)8-9-20(22)24)30(25,26)21-11-13-12-28-17-4-2-3-5-18(17)29-13/h2-7,10,13,21H,8-9,11-12H2,1H3/t13-/m0/s1. The zero-order chi connectivity index (χ0) is 21.3. The highest BCUT2D eigenvalue weighted by Gasteiger charge is 2.33. The molecule has 0 bridgehead atoms. The molecule has 2 aliphatic rings. The normalized spacial score (nSPS) is 18.6. The van der Waals surface area contributed by atoms with Gasteiger partial charge in [-0.2, -0.15) is 0 Å². The van der Waals surface area contributed by atoms with Crippen molar-refractivity contribution >= 4 is 27.5 Å². The van der Waals surface area contributed by atoms with Gasteiger partial charge in [-0.15, -0.1) is 0 Å². The van der Waals surface area contributed by atoms with Gasteiger partial charge in [0.2, 0.25) is 21.8 Å². The van der Waals surface area contributed by atoms with E-state index in [-0.39, 0.29) is 42.3 Å². The maximum atomic E-state index is 12.8. The molecule has 2 aliphatic heterocycles. The predicted molar refractivity (Wildman–Crippen MR) is 106 cm³/mol. The summed E-state index contributed by atoms with van der Waals surface area (Å²) in [5, 5.41) is 0. The molecule has 1 fully saturated rings. The second-order valence-corrected chi connectivity index (χ2v) is 8.57. The number of para-hydroxylation sites is 2. The minimum Gasteiger partial charge on any atom is -0.495 e. The van der Waals surface area contributed by atoms with Crippen LogP contribution in [0.3, 0.4) is 0 Å². The van der Waals surface area contributed by atoms with Crippen molar-refractivity contribution in [3.63, 3.8) is 0 Å². The molecule has 158 valence electrons. The van der Waals surface area contributed by atoms with Crippen molar-refractivity contribution in [2.75, 3.05) is 25.2 Å². The summed E-state index contributed by atoms with van der Waals surface area (Å²) >= 11 is 0. The first kappa shape index (κ1) is 20.2. The van der Waals surface area contributed by atoms with Crippen molar-refractivity contribution in [3.8, 4) is 17.2 Å². The Morgan fingerprint density at radius 3 is 2.50 bits per heavy atom. The molecule has 0 radical (unpaired) electrons. The minimum absolute atomic E-state index is 0.0143. The number of carbonyl (C=O) groups excluding carboxylic acids is 2. The topological polar surface area (TPSA) is 111 Å². The third kappa shape index (κ3) is 3.83. The van der Waals surface area contributed by atoms with E-state index in [1.807, 2.05) is 6.07 Å². The van der Waals surface area contributed by atoms with Gasteiger partial charge in [0.05, 0.1) is 24.2 Å². The van der Waals surface area contributed by atoms with Gasteiger partial charge < -0.3 is 14.2 Å². The van der Waals surface area contributed by atoms with Crippen LogP contribution in [0.4, 0.5) is 5.69 Å². The molecule has 9 nitrogen and oxygen atoms in total. The SMILES string of the molecule is COc1ccc(S(=O)(=O)NC[C@H]2COc3ccccc3O2)cc1N1C(=O)CCC1=O. The smallest absolute Gasteiger partial charge is 0.240 e. The fourth-order valence-electron chi connectivity index (χ4n) is 3.31. The summed E-state index contributed by atoms with van der Waals surface area (Å²) < 4.78 is 44.7. The molecule has 0 saturated carbocycles. The number of hydrogen-bond donors (Lipinski definition) is 1. The molecule has 2 heterocycles. The number of rotatable bonds is 6. The Hall–Kier alpha value is -3.11. The summed E-state index contributed by atoms with van der Waals surface area (Å²) in [6.07, 6.45) is -0.343. The summed E-state index contributed by atoms with van der Waals surface area (Å²) in [6, 6.07) is 11.2. The fraction of sp³-hybridized carbons (Fsp3) is 0.300. The van der Waals surface area contributed by atoms with Crippen molar-refractivity contribution in [2.45, 2.75) is 23.8 Å². The van der Waals surface area contributed by atoms with Crippen molar-refractivity contribution < 1.29 is 32.2 Å². The summed E-state index contributed by atoms with van der Waals surface area (Å²) in [7, 11) is -2.56. The molecule has 0 aliphatic carbocycles. The number of benzene rings is 2. The molecule has 2 aromatic rings. The van der Waals surface area contributed by atoms with Gasteiger partial charge in [0.1, 0.15) is 18.5 Å². The Morgan fingerprint density at radius 1 is 1.10 bits per heavy atom. The van der Waals surface area contributed by atoms with Gasteiger partial charge in [-0.25, -0.2) is 18.0 Å². The lowest BCUT2D eigenvalue weighted by atomic mass is 10.2. The second-order valence-electron chi connectivity index (χ2n) is 6.81. The van der Waals surface area contributed by atoms with E-state index in [9.17, 15) is 18.0 Å². The number of methoxy groups -OCH3 is 1. The number of nitrogens with zero attached hydrogens (tertiary/aromatic N) is 1. The first-order valence-electron chi connectivity index (χ1n) is 9.31. The van der Waals surface area contributed by atoms with Crippen LogP contribution in [0.2, 0.25) is 0 Å². The van der Waals surface area contributed by atoms with Crippen LogP contribution >= 0.6 is 0 Å². The van der Waals surface area contributed by atoms with Crippen LogP contribution < -0.4 is 23.8 Å². The summed E-state index contributed by atoms with van der Waals surface area (Å²) in [6.45, 7) is 0.184. The lowest BCUT2D eigenvalue weighted by molar-refractivity contribution is -0.121. The molecule has 1 N–H and O–H groups in total. The molecule has 30 heavy (non-hydrogen) atoms. The van der Waals surface area contributed by atoms with Crippen LogP contribution in [0.1, 0.15) is 12.8 Å². The van der Waals surface area contributed by atoms with E-state index in [4.69, 9.17) is 14.2 Å². The number of hydrogen-bond acceptors (Lipinski definition) is 7. The fourth-order valence-corrected chi connectivity index (χ4v) is 4.39. The molecule has 10 heteroatoms. The van der Waals surface area contributed by atoms with E-state index in [0.717, 1.165) is 4.90 Å². The van der Waals surface area contributed by atoms with Crippen LogP contribution in [0, 0.1) is 0 Å². The van der Waals surface area contributed by atoms with Gasteiger partial charge in [-0.05, 0) is 30.3 Å². The van der Waals surface area contributed by atoms with E-state index in [1.165, 1.54) is 25.3 Å². The zero-order valence-electron chi connectivity index (χ0n) is 16.2. The molecule has 0 unspecified atom stereocenters. The maximum Gasteiger partial charge on any atom is 0.240 e. The van der Waals surface area contributed by atoms with E-state index >= 15 is 0 Å². The van der Waals surface area contributed by atoms with E-state index in [1.54, 1.807) is 18.2 Å². The Labute approximate surface area is 173 Å². The maximum absolute atomic E-state index is 12.8. The Bertz CT molecular complexity index is 1080. The lowest BCUT2D eigenvalue weighted by Gasteiger charge is -2.26. The van der Waals surface area contributed by atoms with Crippen molar-refractivity contribution in [3.05, 3.63) is 42.5 Å². The average molecular weight is 432 g/mol. The van der Waals surface area contributed by atoms with Gasteiger partial charge in [-0.3, -0.25) is 9.59 Å². The molecule has 2 aromatic carbocycles. The number of sulfonamides is 1. The number of nitrogens with one attached hydrogen (secondary N) is 1. The first-order valence-corrected chi connectivity index (χ1v) is 10.8. The highest BCUT2D eigenvalue weighted by atomic mass is 32.2. The average Bonchev–Trinajstić information content (AvgIpc) is 3.09. The Balaban J connectivity index is 1.52. The van der Waals surface area contributed by atoms with E-state index < -0.39 is 27.9 Å². The van der Waals surface area contributed by atoms with Gasteiger partial charge in [0.15, 0.2) is 11.5 Å². The van der Waals surface area contributed by atoms with E-state index in [2.05, 4.69) is 4.72 Å². The molecular formula is C20H20N2O7S. The Kier molecular flexibility index (Phi) is 5.35. The number of ether oxygens (including phenoxy) is 3. The van der Waals surface area contributed by atoms with E-state index in [0.29, 0.717) is 11.5 Å². The highest BCUT2D eigenvalue weighted by molar-refractivity contribution is 7.89. The molecular weight excluding hydrogens is 412 g/mol. The number of imide groups is 1. The van der Waals surface area contributed by atoms with Crippen LogP contribution in [0.25, 0.3) is 0 Å². The second kappa shape index (κ2) is 7.96. The van der Waals surface area contributed by atoms with Crippen LogP contribution in [0.5, 0.6) is 17.2 Å². The third-order valence-electron chi connectivity index (χ3n) is 4.82. The summed E-state index contributed by atoms with van der Waals surface area (Å²) in [4.78, 5) is 25.1. The monoisotopic (exact) mass is 432 g/mol. The van der Waals surface area contributed by atoms with Crippen molar-refractivity contribution in [1.29, 1.82) is 0 Å². The largest absolute Gasteiger partial charge is 0.495 e. The highest BCUT2D eigenvalue weighted by Crippen LogP contribution is 2.34. The summed E-state index contributed by atoms with van der Waals surface area (Å²) in [5.74, 6) is 0.597. The zero-order valence-corrected chi connectivity index (χ0v) is 17.0. The third-order valence-corrected chi connectivity index (χ3v) is 6.24. The number of amides is 2. The lowest BCUT2D eigenvalue weighted by Crippen LogP contribution is -2.40. The molecule has 0 spiro atoms. The van der Waals surface area contributed by atoms with Crippen LogP contribution in [-0.2, 0) is 19.6 Å². The van der Waals surface area contributed by atoms with Crippen LogP contribution in [-0.4, -0.2) is 46.6 Å². The molecule has 0 aromatic heterocycles. The quantitative estimate of drug-likeness (QED) is 0.688. The molecule has 1 atom stereocenters. The van der Waals surface area contributed by atoms with Gasteiger partial charge in [-0.1, -0.05) is 12.1 Å². The number of anilines is 1.